The van der Waals surface area contributed by atoms with Crippen LogP contribution in [-0.4, -0.2) is 60.9 Å². The van der Waals surface area contributed by atoms with E-state index in [1.165, 1.54) is 6.42 Å². The van der Waals surface area contributed by atoms with E-state index in [4.69, 9.17) is 4.74 Å². The van der Waals surface area contributed by atoms with Crippen LogP contribution in [0.5, 0.6) is 0 Å². The largest absolute Gasteiger partial charge is 0.463 e. The fraction of sp³-hybridized carbons (Fsp3) is 0.714. The van der Waals surface area contributed by atoms with E-state index in [-0.39, 0.29) is 19.2 Å². The molecule has 2 aliphatic rings. The van der Waals surface area contributed by atoms with Crippen molar-refractivity contribution in [1.29, 1.82) is 0 Å². The van der Waals surface area contributed by atoms with Gasteiger partial charge in [0.1, 0.15) is 0 Å². The van der Waals surface area contributed by atoms with Gasteiger partial charge in [-0.2, -0.15) is 0 Å². The van der Waals surface area contributed by atoms with Crippen molar-refractivity contribution >= 4 is 12.0 Å². The maximum atomic E-state index is 12.0. The smallest absolute Gasteiger partial charge is 0.337 e. The summed E-state index contributed by atoms with van der Waals surface area (Å²) in [5, 5.41) is 14.5. The summed E-state index contributed by atoms with van der Waals surface area (Å²) >= 11 is 0. The number of hydrogen-bond donors (Lipinski definition) is 3. The molecule has 0 saturated heterocycles. The predicted molar refractivity (Wildman–Crippen MR) is 76.5 cm³/mol. The van der Waals surface area contributed by atoms with Crippen molar-refractivity contribution in [3.05, 3.63) is 11.3 Å². The number of esters is 1. The second-order valence-corrected chi connectivity index (χ2v) is 5.26. The van der Waals surface area contributed by atoms with E-state index in [9.17, 15) is 14.7 Å². The summed E-state index contributed by atoms with van der Waals surface area (Å²) in [7, 11) is 0. The first-order valence-electron chi connectivity index (χ1n) is 7.44. The van der Waals surface area contributed by atoms with Crippen molar-refractivity contribution in [1.82, 2.24) is 15.5 Å². The topological polar surface area (TPSA) is 90.9 Å². The summed E-state index contributed by atoms with van der Waals surface area (Å²) in [6, 6.07) is 0.107. The Hall–Kier alpha value is -1.60. The number of aliphatic hydroxyl groups is 1. The Morgan fingerprint density at radius 2 is 2.24 bits per heavy atom. The number of urea groups is 1. The van der Waals surface area contributed by atoms with Gasteiger partial charge in [-0.25, -0.2) is 9.59 Å². The first-order chi connectivity index (χ1) is 10.2. The minimum atomic E-state index is -0.405. The van der Waals surface area contributed by atoms with E-state index in [1.54, 1.807) is 6.92 Å². The molecule has 0 aromatic rings. The Bertz CT molecular complexity index is 432. The zero-order chi connectivity index (χ0) is 15.2. The fourth-order valence-electron chi connectivity index (χ4n) is 2.55. The van der Waals surface area contributed by atoms with Crippen molar-refractivity contribution < 1.29 is 19.4 Å². The van der Waals surface area contributed by atoms with Gasteiger partial charge >= 0.3 is 12.0 Å². The van der Waals surface area contributed by atoms with Gasteiger partial charge < -0.3 is 20.5 Å². The number of carbonyl (C=O) groups is 2. The standard InChI is InChI=1S/C14H23N3O4/c1-2-21-13(19)11-8-15-14(20)16-12(11)9-17(6-7-18)10-4-3-5-10/h10,18H,2-9H2,1H3,(H2,15,16,20). The van der Waals surface area contributed by atoms with E-state index in [2.05, 4.69) is 15.5 Å². The van der Waals surface area contributed by atoms with Crippen LogP contribution in [0.4, 0.5) is 4.79 Å². The van der Waals surface area contributed by atoms with Crippen LogP contribution in [0.2, 0.25) is 0 Å². The van der Waals surface area contributed by atoms with Crippen molar-refractivity contribution in [3.8, 4) is 0 Å². The number of aliphatic hydroxyl groups excluding tert-OH is 1. The molecule has 0 aromatic carbocycles. The van der Waals surface area contributed by atoms with Gasteiger partial charge in [0.25, 0.3) is 0 Å². The summed E-state index contributed by atoms with van der Waals surface area (Å²) in [5.41, 5.74) is 1.04. The fourth-order valence-corrected chi connectivity index (χ4v) is 2.55. The molecular weight excluding hydrogens is 274 g/mol. The maximum absolute atomic E-state index is 12.0. The van der Waals surface area contributed by atoms with Crippen LogP contribution < -0.4 is 10.6 Å². The van der Waals surface area contributed by atoms with Gasteiger partial charge in [0.15, 0.2) is 0 Å². The molecule has 7 heteroatoms. The van der Waals surface area contributed by atoms with Crippen LogP contribution in [0.25, 0.3) is 0 Å². The Morgan fingerprint density at radius 3 is 2.81 bits per heavy atom. The van der Waals surface area contributed by atoms with E-state index in [0.717, 1.165) is 12.8 Å². The van der Waals surface area contributed by atoms with Gasteiger partial charge in [0, 0.05) is 24.8 Å². The third kappa shape index (κ3) is 3.95. The zero-order valence-corrected chi connectivity index (χ0v) is 12.4. The molecule has 1 aliphatic heterocycles. The van der Waals surface area contributed by atoms with E-state index in [0.29, 0.717) is 37.0 Å². The summed E-state index contributed by atoms with van der Waals surface area (Å²) in [6.45, 7) is 3.27. The lowest BCUT2D eigenvalue weighted by molar-refractivity contribution is -0.138. The number of hydrogen-bond acceptors (Lipinski definition) is 5. The van der Waals surface area contributed by atoms with Crippen molar-refractivity contribution in [3.63, 3.8) is 0 Å². The Balaban J connectivity index is 2.13. The summed E-state index contributed by atoms with van der Waals surface area (Å²) < 4.78 is 5.03. The first-order valence-corrected chi connectivity index (χ1v) is 7.44. The highest BCUT2D eigenvalue weighted by molar-refractivity contribution is 5.93. The number of nitrogens with one attached hydrogen (secondary N) is 2. The maximum Gasteiger partial charge on any atom is 0.337 e. The third-order valence-electron chi connectivity index (χ3n) is 3.92. The lowest BCUT2D eigenvalue weighted by Crippen LogP contribution is -2.50. The lowest BCUT2D eigenvalue weighted by atomic mass is 9.91. The minimum Gasteiger partial charge on any atom is -0.463 e. The average Bonchev–Trinajstić information content (AvgIpc) is 2.37. The molecule has 2 rings (SSSR count). The molecule has 1 aliphatic carbocycles. The number of nitrogens with zero attached hydrogens (tertiary/aromatic N) is 1. The Labute approximate surface area is 124 Å². The molecule has 3 N–H and O–H groups in total. The SMILES string of the molecule is CCOC(=O)C1=C(CN(CCO)C2CCC2)NC(=O)NC1. The predicted octanol–water partition coefficient (Wildman–Crippen LogP) is -0.0368. The van der Waals surface area contributed by atoms with E-state index < -0.39 is 5.97 Å². The van der Waals surface area contributed by atoms with Crippen LogP contribution >= 0.6 is 0 Å². The van der Waals surface area contributed by atoms with Crippen LogP contribution in [0.1, 0.15) is 26.2 Å². The van der Waals surface area contributed by atoms with Crippen LogP contribution in [-0.2, 0) is 9.53 Å². The van der Waals surface area contributed by atoms with Crippen LogP contribution in [0.3, 0.4) is 0 Å². The summed E-state index contributed by atoms with van der Waals surface area (Å²) in [6.07, 6.45) is 3.37. The zero-order valence-electron chi connectivity index (χ0n) is 12.4. The molecule has 0 aromatic heterocycles. The summed E-state index contributed by atoms with van der Waals surface area (Å²) in [5.74, 6) is -0.405. The molecule has 0 unspecified atom stereocenters. The quantitative estimate of drug-likeness (QED) is 0.574. The number of amides is 2. The van der Waals surface area contributed by atoms with Gasteiger partial charge in [-0.15, -0.1) is 0 Å². The van der Waals surface area contributed by atoms with Gasteiger partial charge in [0.05, 0.1) is 25.3 Å². The average molecular weight is 297 g/mol. The molecule has 1 heterocycles. The molecule has 118 valence electrons. The Kier molecular flexibility index (Phi) is 5.58. The van der Waals surface area contributed by atoms with Crippen molar-refractivity contribution in [2.75, 3.05) is 32.8 Å². The van der Waals surface area contributed by atoms with Crippen LogP contribution in [0, 0.1) is 0 Å². The monoisotopic (exact) mass is 297 g/mol. The normalized spacial score (nSPS) is 19.1. The molecule has 1 fully saturated rings. The van der Waals surface area contributed by atoms with Crippen molar-refractivity contribution in [2.45, 2.75) is 32.2 Å². The van der Waals surface area contributed by atoms with Crippen LogP contribution in [0.15, 0.2) is 11.3 Å². The molecule has 0 radical (unpaired) electrons. The van der Waals surface area contributed by atoms with Gasteiger partial charge in [0.2, 0.25) is 0 Å². The number of rotatable bonds is 7. The molecule has 21 heavy (non-hydrogen) atoms. The highest BCUT2D eigenvalue weighted by Gasteiger charge is 2.29. The van der Waals surface area contributed by atoms with Gasteiger partial charge in [-0.1, -0.05) is 6.42 Å². The van der Waals surface area contributed by atoms with Crippen molar-refractivity contribution in [2.24, 2.45) is 0 Å². The highest BCUT2D eigenvalue weighted by Crippen LogP contribution is 2.25. The highest BCUT2D eigenvalue weighted by atomic mass is 16.5. The molecule has 0 spiro atoms. The first kappa shape index (κ1) is 15.8. The van der Waals surface area contributed by atoms with Gasteiger partial charge in [-0.3, -0.25) is 4.90 Å². The second-order valence-electron chi connectivity index (χ2n) is 5.26. The lowest BCUT2D eigenvalue weighted by Gasteiger charge is -2.38. The molecular formula is C14H23N3O4. The summed E-state index contributed by atoms with van der Waals surface area (Å²) in [4.78, 5) is 25.6. The third-order valence-corrected chi connectivity index (χ3v) is 3.92. The molecule has 2 amide bonds. The molecule has 7 nitrogen and oxygen atoms in total. The Morgan fingerprint density at radius 1 is 1.48 bits per heavy atom. The second kappa shape index (κ2) is 7.42. The molecule has 0 bridgehead atoms. The van der Waals surface area contributed by atoms with E-state index in [1.807, 2.05) is 0 Å². The minimum absolute atomic E-state index is 0.0602. The molecule has 1 saturated carbocycles. The number of carbonyl (C=O) groups excluding carboxylic acids is 2. The number of ether oxygens (including phenoxy) is 1. The molecule has 0 atom stereocenters. The van der Waals surface area contributed by atoms with Gasteiger partial charge in [-0.05, 0) is 19.8 Å². The van der Waals surface area contributed by atoms with E-state index >= 15 is 0 Å².